The molecule has 2 rings (SSSR count). The first kappa shape index (κ1) is 16.4. The van der Waals surface area contributed by atoms with E-state index in [-0.39, 0.29) is 12.6 Å². The minimum absolute atomic E-state index is 0.0405. The molecule has 0 saturated carbocycles. The fourth-order valence-corrected chi connectivity index (χ4v) is 3.18. The van der Waals surface area contributed by atoms with Crippen LogP contribution >= 0.6 is 0 Å². The topological polar surface area (TPSA) is 90.2 Å². The van der Waals surface area contributed by atoms with E-state index in [4.69, 9.17) is 4.74 Å². The number of carbonyl (C=O) groups excluding carboxylic acids is 1. The minimum atomic E-state index is -1.91. The maximum Gasteiger partial charge on any atom is 0.341 e. The van der Waals surface area contributed by atoms with E-state index in [9.17, 15) is 20.1 Å². The number of fused-ring (bicyclic) bond motifs is 1. The van der Waals surface area contributed by atoms with Crippen molar-refractivity contribution in [1.82, 2.24) is 4.90 Å². The number of nitrogens with zero attached hydrogens (tertiary/aromatic N) is 1. The van der Waals surface area contributed by atoms with E-state index in [2.05, 4.69) is 4.90 Å². The number of rotatable bonds is 5. The van der Waals surface area contributed by atoms with E-state index in [0.29, 0.717) is 0 Å². The number of esters is 1. The Morgan fingerprint density at radius 2 is 2.19 bits per heavy atom. The highest BCUT2D eigenvalue weighted by atomic mass is 16.6. The van der Waals surface area contributed by atoms with Gasteiger partial charge in [0.2, 0.25) is 0 Å². The van der Waals surface area contributed by atoms with Crippen molar-refractivity contribution >= 4 is 5.97 Å². The summed E-state index contributed by atoms with van der Waals surface area (Å²) >= 11 is 0. The van der Waals surface area contributed by atoms with Crippen molar-refractivity contribution in [3.63, 3.8) is 0 Å². The second-order valence-electron chi connectivity index (χ2n) is 6.31. The Hall–Kier alpha value is -0.950. The molecule has 0 amide bonds. The van der Waals surface area contributed by atoms with Crippen molar-refractivity contribution in [2.45, 2.75) is 51.0 Å². The van der Waals surface area contributed by atoms with Crippen molar-refractivity contribution in [1.29, 1.82) is 0 Å². The Labute approximate surface area is 125 Å². The molecule has 120 valence electrons. The van der Waals surface area contributed by atoms with E-state index in [1.807, 2.05) is 6.08 Å². The number of ether oxygens (including phenoxy) is 1. The molecule has 0 unspecified atom stereocenters. The summed E-state index contributed by atoms with van der Waals surface area (Å²) in [6, 6.07) is -0.0866. The summed E-state index contributed by atoms with van der Waals surface area (Å²) in [6.07, 6.45) is 1.03. The van der Waals surface area contributed by atoms with Crippen LogP contribution < -0.4 is 0 Å². The van der Waals surface area contributed by atoms with Crippen LogP contribution in [0.1, 0.15) is 27.2 Å². The lowest BCUT2D eigenvalue weighted by molar-refractivity contribution is -0.183. The monoisotopic (exact) mass is 299 g/mol. The van der Waals surface area contributed by atoms with Gasteiger partial charge in [-0.15, -0.1) is 0 Å². The molecule has 6 nitrogen and oxygen atoms in total. The van der Waals surface area contributed by atoms with Crippen LogP contribution in [0.15, 0.2) is 11.6 Å². The lowest BCUT2D eigenvalue weighted by Gasteiger charge is -2.32. The molecule has 0 bridgehead atoms. The molecule has 2 aliphatic rings. The first-order chi connectivity index (χ1) is 9.78. The number of aliphatic hydroxyl groups is 3. The molecule has 21 heavy (non-hydrogen) atoms. The quantitative estimate of drug-likeness (QED) is 0.476. The highest BCUT2D eigenvalue weighted by molar-refractivity contribution is 5.80. The van der Waals surface area contributed by atoms with Gasteiger partial charge in [-0.3, -0.25) is 4.90 Å². The van der Waals surface area contributed by atoms with Gasteiger partial charge < -0.3 is 20.1 Å². The molecule has 3 N–H and O–H groups in total. The molecule has 0 aromatic heterocycles. The molecular weight excluding hydrogens is 274 g/mol. The number of aliphatic hydroxyl groups excluding tert-OH is 2. The summed E-state index contributed by atoms with van der Waals surface area (Å²) in [6.45, 7) is 6.32. The lowest BCUT2D eigenvalue weighted by atomic mass is 9.85. The molecule has 0 radical (unpaired) electrons. The van der Waals surface area contributed by atoms with Crippen LogP contribution in [0, 0.1) is 5.92 Å². The van der Waals surface area contributed by atoms with E-state index in [1.54, 1.807) is 13.8 Å². The first-order valence-corrected chi connectivity index (χ1v) is 7.47. The minimum Gasteiger partial charge on any atom is -0.459 e. The highest BCUT2D eigenvalue weighted by Crippen LogP contribution is 2.30. The van der Waals surface area contributed by atoms with E-state index >= 15 is 0 Å². The molecule has 1 saturated heterocycles. The molecular formula is C15H25NO5. The van der Waals surface area contributed by atoms with Crippen molar-refractivity contribution in [2.24, 2.45) is 5.92 Å². The Kier molecular flexibility index (Phi) is 4.72. The lowest BCUT2D eigenvalue weighted by Crippen LogP contribution is -2.53. The van der Waals surface area contributed by atoms with Crippen molar-refractivity contribution in [2.75, 3.05) is 19.7 Å². The third-order valence-corrected chi connectivity index (χ3v) is 4.65. The van der Waals surface area contributed by atoms with Gasteiger partial charge in [-0.25, -0.2) is 4.79 Å². The summed E-state index contributed by atoms with van der Waals surface area (Å²) in [5.74, 6) is -1.28. The van der Waals surface area contributed by atoms with Gasteiger partial charge in [0.05, 0.1) is 18.2 Å². The van der Waals surface area contributed by atoms with Gasteiger partial charge in [-0.2, -0.15) is 0 Å². The van der Waals surface area contributed by atoms with Gasteiger partial charge in [0.25, 0.3) is 0 Å². The maximum atomic E-state index is 12.1. The van der Waals surface area contributed by atoms with Crippen LogP contribution in [-0.2, 0) is 9.53 Å². The summed E-state index contributed by atoms with van der Waals surface area (Å²) in [5, 5.41) is 30.0. The van der Waals surface area contributed by atoms with Gasteiger partial charge in [-0.05, 0) is 24.8 Å². The molecule has 0 aromatic carbocycles. The Balaban J connectivity index is 1.98. The number of carbonyl (C=O) groups is 1. The molecule has 6 heteroatoms. The van der Waals surface area contributed by atoms with Gasteiger partial charge >= 0.3 is 5.97 Å². The predicted octanol–water partition coefficient (Wildman–Crippen LogP) is -0.327. The van der Waals surface area contributed by atoms with Crippen LogP contribution in [0.4, 0.5) is 0 Å². The Bertz CT molecular complexity index is 424. The van der Waals surface area contributed by atoms with Crippen LogP contribution in [0.25, 0.3) is 0 Å². The van der Waals surface area contributed by atoms with Gasteiger partial charge in [0.1, 0.15) is 6.61 Å². The smallest absolute Gasteiger partial charge is 0.341 e. The molecule has 0 aromatic rings. The zero-order chi connectivity index (χ0) is 15.8. The zero-order valence-corrected chi connectivity index (χ0v) is 12.8. The second kappa shape index (κ2) is 6.04. The molecule has 0 aliphatic carbocycles. The molecule has 4 atom stereocenters. The molecule has 1 fully saturated rings. The van der Waals surface area contributed by atoms with Gasteiger partial charge in [-0.1, -0.05) is 19.9 Å². The summed E-state index contributed by atoms with van der Waals surface area (Å²) in [4.78, 5) is 14.3. The fourth-order valence-electron chi connectivity index (χ4n) is 3.18. The average molecular weight is 299 g/mol. The van der Waals surface area contributed by atoms with Gasteiger partial charge in [0, 0.05) is 13.1 Å². The standard InChI is InChI=1S/C15H25NO5/c1-9(2)15(20,10(3)17)14(19)21-8-11-4-6-16-7-5-12(18)13(11)16/h4,9-10,12-13,17-18,20H,5-8H2,1-3H3/t10-,12+,13-,15-/m0/s1. The van der Waals surface area contributed by atoms with E-state index in [0.717, 1.165) is 25.1 Å². The second-order valence-corrected chi connectivity index (χ2v) is 6.31. The van der Waals surface area contributed by atoms with Gasteiger partial charge in [0.15, 0.2) is 5.60 Å². The first-order valence-electron chi connectivity index (χ1n) is 7.47. The van der Waals surface area contributed by atoms with Crippen molar-refractivity contribution in [3.8, 4) is 0 Å². The molecule has 2 aliphatic heterocycles. The Morgan fingerprint density at radius 3 is 2.76 bits per heavy atom. The highest BCUT2D eigenvalue weighted by Gasteiger charge is 2.46. The number of hydrogen-bond donors (Lipinski definition) is 3. The fraction of sp³-hybridized carbons (Fsp3) is 0.800. The third-order valence-electron chi connectivity index (χ3n) is 4.65. The van der Waals surface area contributed by atoms with E-state index < -0.39 is 29.7 Å². The van der Waals surface area contributed by atoms with Crippen LogP contribution in [0.2, 0.25) is 0 Å². The largest absolute Gasteiger partial charge is 0.459 e. The van der Waals surface area contributed by atoms with Crippen molar-refractivity contribution < 1.29 is 24.9 Å². The molecule has 2 heterocycles. The normalized spacial score (nSPS) is 30.0. The maximum absolute atomic E-state index is 12.1. The van der Waals surface area contributed by atoms with E-state index in [1.165, 1.54) is 6.92 Å². The van der Waals surface area contributed by atoms with Crippen LogP contribution in [-0.4, -0.2) is 69.7 Å². The predicted molar refractivity (Wildman–Crippen MR) is 76.5 cm³/mol. The van der Waals surface area contributed by atoms with Crippen molar-refractivity contribution in [3.05, 3.63) is 11.6 Å². The molecule has 0 spiro atoms. The van der Waals surface area contributed by atoms with Crippen LogP contribution in [0.3, 0.4) is 0 Å². The summed E-state index contributed by atoms with van der Waals surface area (Å²) < 4.78 is 5.22. The SMILES string of the molecule is CC(C)[C@@](O)(C(=O)OCC1=CCN2CC[C@@H](O)[C@H]12)[C@H](C)O. The van der Waals surface area contributed by atoms with Crippen LogP contribution in [0.5, 0.6) is 0 Å². The summed E-state index contributed by atoms with van der Waals surface area (Å²) in [5.41, 5.74) is -1.04. The zero-order valence-electron chi connectivity index (χ0n) is 12.8. The summed E-state index contributed by atoms with van der Waals surface area (Å²) in [7, 11) is 0. The number of hydrogen-bond acceptors (Lipinski definition) is 6. The average Bonchev–Trinajstić information content (AvgIpc) is 2.98. The Morgan fingerprint density at radius 1 is 1.52 bits per heavy atom. The third kappa shape index (κ3) is 2.85.